The standard InChI is InChI=1S/C20H32N10O11/c21-6(1-11(22)31)16(36)27-7(2-12(23)32)17(37)28-8(3-13(24)33)18(38)29-9(4-14(25)34)19(39)30-10(20(40)41)5-15(26)35/h6-10H,1-5,21H2,(H2,22,31)(H2,23,32)(H2,24,33)(H2,25,34)(H2,26,35)(H,27,36)(H,28,37)(H,29,38)(H,30,39)(H,40,41)/t6-,7-,8-,9-,10-/m0/s1. The number of carboxylic acid groups (broad SMARTS) is 1. The average molecular weight is 589 g/mol. The lowest BCUT2D eigenvalue weighted by atomic mass is 10.1. The van der Waals surface area contributed by atoms with Gasteiger partial charge in [0.2, 0.25) is 53.2 Å². The second-order valence-corrected chi connectivity index (χ2v) is 8.54. The molecule has 0 saturated heterocycles. The van der Waals surface area contributed by atoms with Gasteiger partial charge in [-0.1, -0.05) is 0 Å². The van der Waals surface area contributed by atoms with Crippen molar-refractivity contribution in [2.24, 2.45) is 34.4 Å². The summed E-state index contributed by atoms with van der Waals surface area (Å²) in [6, 6.07) is -8.94. The van der Waals surface area contributed by atoms with Crippen molar-refractivity contribution >= 4 is 59.1 Å². The minimum absolute atomic E-state index is 0.630. The van der Waals surface area contributed by atoms with Gasteiger partial charge < -0.3 is 60.8 Å². The number of carboxylic acids is 1. The lowest BCUT2D eigenvalue weighted by Gasteiger charge is -2.25. The van der Waals surface area contributed by atoms with Crippen LogP contribution in [0, 0.1) is 0 Å². The van der Waals surface area contributed by atoms with Crippen LogP contribution in [0.1, 0.15) is 32.1 Å². The molecule has 9 amide bonds. The van der Waals surface area contributed by atoms with E-state index in [4.69, 9.17) is 39.5 Å². The highest BCUT2D eigenvalue weighted by atomic mass is 16.4. The monoisotopic (exact) mass is 588 g/mol. The maximum absolute atomic E-state index is 12.9. The smallest absolute Gasteiger partial charge is 0.326 e. The summed E-state index contributed by atoms with van der Waals surface area (Å²) in [4.78, 5) is 118. The van der Waals surface area contributed by atoms with Crippen LogP contribution >= 0.6 is 0 Å². The Labute approximate surface area is 230 Å². The molecule has 21 nitrogen and oxygen atoms in total. The average Bonchev–Trinajstić information content (AvgIpc) is 2.80. The van der Waals surface area contributed by atoms with Crippen LogP contribution in [0.4, 0.5) is 0 Å². The molecule has 21 heteroatoms. The molecule has 0 saturated carbocycles. The minimum atomic E-state index is -1.89. The van der Waals surface area contributed by atoms with E-state index >= 15 is 0 Å². The largest absolute Gasteiger partial charge is 0.480 e. The van der Waals surface area contributed by atoms with Gasteiger partial charge in [0.05, 0.1) is 38.1 Å². The lowest BCUT2D eigenvalue weighted by molar-refractivity contribution is -0.144. The lowest BCUT2D eigenvalue weighted by Crippen LogP contribution is -2.60. The van der Waals surface area contributed by atoms with Gasteiger partial charge in [0.1, 0.15) is 24.2 Å². The van der Waals surface area contributed by atoms with E-state index in [-0.39, 0.29) is 0 Å². The molecule has 17 N–H and O–H groups in total. The van der Waals surface area contributed by atoms with Crippen molar-refractivity contribution in [2.45, 2.75) is 62.3 Å². The quantitative estimate of drug-likeness (QED) is 0.0670. The molecule has 0 fully saturated rings. The van der Waals surface area contributed by atoms with E-state index < -0.39 is 121 Å². The molecule has 0 aliphatic heterocycles. The van der Waals surface area contributed by atoms with Gasteiger partial charge in [-0.15, -0.1) is 0 Å². The Bertz CT molecular complexity index is 1100. The molecular formula is C20H32N10O11. The highest BCUT2D eigenvalue weighted by molar-refractivity contribution is 5.99. The van der Waals surface area contributed by atoms with Gasteiger partial charge in [-0.2, -0.15) is 0 Å². The predicted molar refractivity (Wildman–Crippen MR) is 132 cm³/mol. The molecule has 0 aliphatic rings. The molecule has 0 heterocycles. The fourth-order valence-corrected chi connectivity index (χ4v) is 3.04. The maximum atomic E-state index is 12.9. The number of carbonyl (C=O) groups excluding carboxylic acids is 9. The van der Waals surface area contributed by atoms with E-state index in [1.165, 1.54) is 0 Å². The molecule has 5 atom stereocenters. The van der Waals surface area contributed by atoms with Crippen molar-refractivity contribution in [2.75, 3.05) is 0 Å². The topological polar surface area (TPSA) is 395 Å². The van der Waals surface area contributed by atoms with Crippen LogP contribution in [0.25, 0.3) is 0 Å². The Kier molecular flexibility index (Phi) is 14.4. The first-order chi connectivity index (χ1) is 18.8. The van der Waals surface area contributed by atoms with Crippen LogP contribution in [-0.4, -0.2) is 94.4 Å². The zero-order chi connectivity index (χ0) is 32.0. The number of hydrogen-bond acceptors (Lipinski definition) is 11. The van der Waals surface area contributed by atoms with Crippen molar-refractivity contribution in [3.8, 4) is 0 Å². The summed E-state index contributed by atoms with van der Waals surface area (Å²) in [5.41, 5.74) is 30.6. The third-order valence-corrected chi connectivity index (χ3v) is 4.89. The zero-order valence-electron chi connectivity index (χ0n) is 21.4. The van der Waals surface area contributed by atoms with Crippen LogP contribution in [-0.2, 0) is 47.9 Å². The summed E-state index contributed by atoms with van der Waals surface area (Å²) in [7, 11) is 0. The number of nitrogens with one attached hydrogen (secondary N) is 4. The Morgan fingerprint density at radius 3 is 0.951 bits per heavy atom. The predicted octanol–water partition coefficient (Wildman–Crippen LogP) is -8.29. The van der Waals surface area contributed by atoms with Crippen molar-refractivity contribution in [1.82, 2.24) is 21.3 Å². The first kappa shape index (κ1) is 35.7. The van der Waals surface area contributed by atoms with Gasteiger partial charge in [0, 0.05) is 0 Å². The molecule has 0 rings (SSSR count). The molecule has 0 aliphatic carbocycles. The molecular weight excluding hydrogens is 556 g/mol. The number of hydrogen-bond donors (Lipinski definition) is 11. The Morgan fingerprint density at radius 2 is 0.683 bits per heavy atom. The second-order valence-electron chi connectivity index (χ2n) is 8.54. The Balaban J connectivity index is 5.93. The number of primary amides is 5. The zero-order valence-corrected chi connectivity index (χ0v) is 21.4. The number of aliphatic carboxylic acids is 1. The summed E-state index contributed by atoms with van der Waals surface area (Å²) in [5, 5.41) is 17.1. The van der Waals surface area contributed by atoms with Gasteiger partial charge in [-0.3, -0.25) is 43.2 Å². The van der Waals surface area contributed by atoms with Crippen LogP contribution in [0.2, 0.25) is 0 Å². The first-order valence-electron chi connectivity index (χ1n) is 11.4. The number of rotatable bonds is 19. The fourth-order valence-electron chi connectivity index (χ4n) is 3.04. The molecule has 0 radical (unpaired) electrons. The Morgan fingerprint density at radius 1 is 0.439 bits per heavy atom. The van der Waals surface area contributed by atoms with Gasteiger partial charge in [0.15, 0.2) is 0 Å². The molecule has 41 heavy (non-hydrogen) atoms. The number of amides is 9. The van der Waals surface area contributed by atoms with E-state index in [9.17, 15) is 47.9 Å². The second kappa shape index (κ2) is 16.6. The van der Waals surface area contributed by atoms with E-state index in [0.717, 1.165) is 0 Å². The van der Waals surface area contributed by atoms with Gasteiger partial charge in [-0.05, 0) is 0 Å². The number of carbonyl (C=O) groups is 10. The van der Waals surface area contributed by atoms with E-state index in [1.54, 1.807) is 0 Å². The van der Waals surface area contributed by atoms with Gasteiger partial charge in [0.25, 0.3) is 0 Å². The van der Waals surface area contributed by atoms with Crippen LogP contribution in [0.15, 0.2) is 0 Å². The highest BCUT2D eigenvalue weighted by Gasteiger charge is 2.34. The summed E-state index contributed by atoms with van der Waals surface area (Å²) in [6.07, 6.45) is -4.14. The van der Waals surface area contributed by atoms with E-state index in [2.05, 4.69) is 0 Å². The molecule has 0 unspecified atom stereocenters. The molecule has 0 aromatic carbocycles. The summed E-state index contributed by atoms with van der Waals surface area (Å²) < 4.78 is 0. The fraction of sp³-hybridized carbons (Fsp3) is 0.500. The van der Waals surface area contributed by atoms with E-state index in [1.807, 2.05) is 21.3 Å². The third-order valence-electron chi connectivity index (χ3n) is 4.89. The molecule has 0 aromatic heterocycles. The van der Waals surface area contributed by atoms with Gasteiger partial charge in [-0.25, -0.2) is 4.79 Å². The molecule has 0 spiro atoms. The first-order valence-corrected chi connectivity index (χ1v) is 11.4. The minimum Gasteiger partial charge on any atom is -0.480 e. The van der Waals surface area contributed by atoms with Crippen LogP contribution in [0.3, 0.4) is 0 Å². The normalized spacial score (nSPS) is 14.1. The van der Waals surface area contributed by atoms with Crippen molar-refractivity contribution < 1.29 is 53.1 Å². The van der Waals surface area contributed by atoms with Crippen molar-refractivity contribution in [1.29, 1.82) is 0 Å². The molecule has 228 valence electrons. The van der Waals surface area contributed by atoms with Crippen molar-refractivity contribution in [3.05, 3.63) is 0 Å². The van der Waals surface area contributed by atoms with Gasteiger partial charge >= 0.3 is 5.97 Å². The summed E-state index contributed by atoms with van der Waals surface area (Å²) in [6.45, 7) is 0. The molecule has 0 bridgehead atoms. The molecule has 0 aromatic rings. The van der Waals surface area contributed by atoms with Crippen LogP contribution in [0.5, 0.6) is 0 Å². The number of nitrogens with two attached hydrogens (primary N) is 6. The van der Waals surface area contributed by atoms with E-state index in [0.29, 0.717) is 0 Å². The highest BCUT2D eigenvalue weighted by Crippen LogP contribution is 2.03. The van der Waals surface area contributed by atoms with Crippen LogP contribution < -0.4 is 55.7 Å². The van der Waals surface area contributed by atoms with Crippen molar-refractivity contribution in [3.63, 3.8) is 0 Å². The maximum Gasteiger partial charge on any atom is 0.326 e. The SMILES string of the molecule is NC(=O)C[C@H](NC(=O)[C@H](CC(N)=O)NC(=O)[C@H](CC(N)=O)NC(=O)[C@H](CC(N)=O)NC(=O)[C@@H](N)CC(N)=O)C(=O)O. The third kappa shape index (κ3) is 14.4. The summed E-state index contributed by atoms with van der Waals surface area (Å²) in [5.74, 6) is -12.2. The Hall–Kier alpha value is -5.34. The summed E-state index contributed by atoms with van der Waals surface area (Å²) >= 11 is 0.